The van der Waals surface area contributed by atoms with Crippen LogP contribution in [0.4, 0.5) is 17.1 Å². The molecule has 0 saturated heterocycles. The second-order valence-electron chi connectivity index (χ2n) is 8.33. The van der Waals surface area contributed by atoms with Gasteiger partial charge in [0.1, 0.15) is 12.4 Å². The molecule has 8 heteroatoms. The molecular weight excluding hydrogens is 456 g/mol. The summed E-state index contributed by atoms with van der Waals surface area (Å²) >= 11 is 0. The number of nitrogens with zero attached hydrogens (tertiary/aromatic N) is 1. The first-order chi connectivity index (χ1) is 17.3. The monoisotopic (exact) mass is 488 g/mol. The largest absolute Gasteiger partial charge is 0.489 e. The Morgan fingerprint density at radius 3 is 1.94 bits per heavy atom. The van der Waals surface area contributed by atoms with Crippen LogP contribution in [0, 0.1) is 0 Å². The summed E-state index contributed by atoms with van der Waals surface area (Å²) in [5.41, 5.74) is 2.99. The fraction of sp³-hybridized carbons (Fsp3) is 0.250. The van der Waals surface area contributed by atoms with Crippen molar-refractivity contribution in [1.82, 2.24) is 4.90 Å². The average Bonchev–Trinajstić information content (AvgIpc) is 2.88. The summed E-state index contributed by atoms with van der Waals surface area (Å²) in [5, 5.41) is 8.40. The molecule has 0 spiro atoms. The van der Waals surface area contributed by atoms with Gasteiger partial charge in [-0.15, -0.1) is 0 Å². The molecule has 0 heterocycles. The Balaban J connectivity index is 1.49. The van der Waals surface area contributed by atoms with Gasteiger partial charge in [0.25, 0.3) is 0 Å². The standard InChI is InChI=1S/C28H32N4O4/c1-4-32(18-27(34)30-24-12-10-23(11-13-24)29-21(3)33)20(2)28(35)31-25-14-16-26(17-15-25)36-19-22-8-6-5-7-9-22/h5-17,20H,4,18-19H2,1-3H3,(H,29,33)(H,30,34)(H,31,35). The Bertz CT molecular complexity index is 1150. The maximum atomic E-state index is 12.8. The minimum absolute atomic E-state index is 0.0603. The molecule has 8 nitrogen and oxygen atoms in total. The summed E-state index contributed by atoms with van der Waals surface area (Å²) in [5.74, 6) is 0.109. The molecule has 1 unspecified atom stereocenters. The van der Waals surface area contributed by atoms with E-state index in [-0.39, 0.29) is 24.3 Å². The summed E-state index contributed by atoms with van der Waals surface area (Å²) in [7, 11) is 0. The zero-order valence-corrected chi connectivity index (χ0v) is 20.8. The van der Waals surface area contributed by atoms with Gasteiger partial charge >= 0.3 is 0 Å². The Kier molecular flexibility index (Phi) is 9.59. The molecular formula is C28H32N4O4. The second-order valence-corrected chi connectivity index (χ2v) is 8.33. The summed E-state index contributed by atoms with van der Waals surface area (Å²) in [6.07, 6.45) is 0. The van der Waals surface area contributed by atoms with E-state index in [2.05, 4.69) is 16.0 Å². The first-order valence-electron chi connectivity index (χ1n) is 11.8. The van der Waals surface area contributed by atoms with E-state index in [9.17, 15) is 14.4 Å². The third-order valence-electron chi connectivity index (χ3n) is 5.54. The number of anilines is 3. The van der Waals surface area contributed by atoms with Crippen molar-refractivity contribution in [1.29, 1.82) is 0 Å². The Morgan fingerprint density at radius 1 is 0.806 bits per heavy atom. The lowest BCUT2D eigenvalue weighted by Crippen LogP contribution is -2.45. The summed E-state index contributed by atoms with van der Waals surface area (Å²) in [6, 6.07) is 23.4. The summed E-state index contributed by atoms with van der Waals surface area (Å²) in [4.78, 5) is 38.3. The van der Waals surface area contributed by atoms with E-state index in [0.717, 1.165) is 5.56 Å². The number of benzene rings is 3. The topological polar surface area (TPSA) is 99.8 Å². The smallest absolute Gasteiger partial charge is 0.241 e. The average molecular weight is 489 g/mol. The van der Waals surface area contributed by atoms with Crippen LogP contribution in [0.15, 0.2) is 78.9 Å². The lowest BCUT2D eigenvalue weighted by atomic mass is 10.2. The summed E-state index contributed by atoms with van der Waals surface area (Å²) in [6.45, 7) is 6.16. The van der Waals surface area contributed by atoms with Gasteiger partial charge in [0.15, 0.2) is 0 Å². The Hall–Kier alpha value is -4.17. The first kappa shape index (κ1) is 26.4. The molecule has 0 aliphatic rings. The number of carbonyl (C=O) groups is 3. The molecule has 3 amide bonds. The van der Waals surface area contributed by atoms with Crippen LogP contribution in [0.2, 0.25) is 0 Å². The van der Waals surface area contributed by atoms with E-state index in [1.165, 1.54) is 6.92 Å². The zero-order valence-electron chi connectivity index (χ0n) is 20.8. The molecule has 3 rings (SSSR count). The number of ether oxygens (including phenoxy) is 1. The maximum Gasteiger partial charge on any atom is 0.241 e. The van der Waals surface area contributed by atoms with E-state index in [4.69, 9.17) is 4.74 Å². The van der Waals surface area contributed by atoms with Gasteiger partial charge in [-0.3, -0.25) is 19.3 Å². The van der Waals surface area contributed by atoms with Gasteiger partial charge in [0.2, 0.25) is 17.7 Å². The van der Waals surface area contributed by atoms with Crippen LogP contribution in [0.25, 0.3) is 0 Å². The Morgan fingerprint density at radius 2 is 1.36 bits per heavy atom. The highest BCUT2D eigenvalue weighted by Crippen LogP contribution is 2.18. The fourth-order valence-corrected chi connectivity index (χ4v) is 3.54. The maximum absolute atomic E-state index is 12.8. The predicted molar refractivity (Wildman–Crippen MR) is 142 cm³/mol. The van der Waals surface area contributed by atoms with Crippen molar-refractivity contribution in [3.05, 3.63) is 84.4 Å². The number of rotatable bonds is 11. The van der Waals surface area contributed by atoms with Crippen LogP contribution >= 0.6 is 0 Å². The lowest BCUT2D eigenvalue weighted by molar-refractivity contribution is -0.123. The second kappa shape index (κ2) is 13.1. The molecule has 0 bridgehead atoms. The zero-order chi connectivity index (χ0) is 25.9. The van der Waals surface area contributed by atoms with Gasteiger partial charge in [0, 0.05) is 24.0 Å². The van der Waals surface area contributed by atoms with Crippen LogP contribution in [0.5, 0.6) is 5.75 Å². The third-order valence-corrected chi connectivity index (χ3v) is 5.54. The van der Waals surface area contributed by atoms with Crippen molar-refractivity contribution >= 4 is 34.8 Å². The molecule has 0 aliphatic heterocycles. The molecule has 0 fully saturated rings. The SMILES string of the molecule is CCN(CC(=O)Nc1ccc(NC(C)=O)cc1)C(C)C(=O)Nc1ccc(OCc2ccccc2)cc1. The number of carbonyl (C=O) groups excluding carboxylic acids is 3. The molecule has 0 aromatic heterocycles. The van der Waals surface area contributed by atoms with Crippen molar-refractivity contribution < 1.29 is 19.1 Å². The van der Waals surface area contributed by atoms with Gasteiger partial charge in [-0.25, -0.2) is 0 Å². The van der Waals surface area contributed by atoms with E-state index < -0.39 is 6.04 Å². The molecule has 1 atom stereocenters. The number of amides is 3. The van der Waals surface area contributed by atoms with Crippen LogP contribution in [0.3, 0.4) is 0 Å². The first-order valence-corrected chi connectivity index (χ1v) is 11.8. The van der Waals surface area contributed by atoms with E-state index in [0.29, 0.717) is 36.0 Å². The van der Waals surface area contributed by atoms with E-state index in [1.807, 2.05) is 49.4 Å². The van der Waals surface area contributed by atoms with Gasteiger partial charge in [-0.1, -0.05) is 37.3 Å². The molecule has 188 valence electrons. The Labute approximate surface area is 211 Å². The number of hydrogen-bond donors (Lipinski definition) is 3. The molecule has 3 N–H and O–H groups in total. The van der Waals surface area contributed by atoms with Gasteiger partial charge in [0.05, 0.1) is 12.6 Å². The quantitative estimate of drug-likeness (QED) is 0.369. The van der Waals surface area contributed by atoms with E-state index >= 15 is 0 Å². The van der Waals surface area contributed by atoms with Gasteiger partial charge in [-0.05, 0) is 67.6 Å². The van der Waals surface area contributed by atoms with Crippen molar-refractivity contribution in [3.63, 3.8) is 0 Å². The van der Waals surface area contributed by atoms with Crippen molar-refractivity contribution in [2.24, 2.45) is 0 Å². The van der Waals surface area contributed by atoms with Gasteiger partial charge < -0.3 is 20.7 Å². The highest BCUT2D eigenvalue weighted by atomic mass is 16.5. The molecule has 0 saturated carbocycles. The molecule has 0 radical (unpaired) electrons. The minimum atomic E-state index is -0.517. The van der Waals surface area contributed by atoms with Crippen molar-refractivity contribution in [2.45, 2.75) is 33.4 Å². The molecule has 3 aromatic carbocycles. The lowest BCUT2D eigenvalue weighted by Gasteiger charge is -2.26. The molecule has 0 aliphatic carbocycles. The molecule has 3 aromatic rings. The van der Waals surface area contributed by atoms with E-state index in [1.54, 1.807) is 48.2 Å². The van der Waals surface area contributed by atoms with Crippen LogP contribution in [-0.4, -0.2) is 41.8 Å². The van der Waals surface area contributed by atoms with Crippen LogP contribution in [0.1, 0.15) is 26.3 Å². The van der Waals surface area contributed by atoms with Crippen LogP contribution < -0.4 is 20.7 Å². The van der Waals surface area contributed by atoms with Crippen molar-refractivity contribution in [2.75, 3.05) is 29.0 Å². The van der Waals surface area contributed by atoms with Gasteiger partial charge in [-0.2, -0.15) is 0 Å². The van der Waals surface area contributed by atoms with Crippen LogP contribution in [-0.2, 0) is 21.0 Å². The number of nitrogens with one attached hydrogen (secondary N) is 3. The number of hydrogen-bond acceptors (Lipinski definition) is 5. The summed E-state index contributed by atoms with van der Waals surface area (Å²) < 4.78 is 5.79. The molecule has 36 heavy (non-hydrogen) atoms. The highest BCUT2D eigenvalue weighted by molar-refractivity contribution is 5.96. The fourth-order valence-electron chi connectivity index (χ4n) is 3.54. The third kappa shape index (κ3) is 8.25. The highest BCUT2D eigenvalue weighted by Gasteiger charge is 2.22. The predicted octanol–water partition coefficient (Wildman–Crippen LogP) is 4.51. The minimum Gasteiger partial charge on any atom is -0.489 e. The number of likely N-dealkylation sites (N-methyl/N-ethyl adjacent to an activating group) is 1. The normalized spacial score (nSPS) is 11.4. The van der Waals surface area contributed by atoms with Crippen molar-refractivity contribution in [3.8, 4) is 5.75 Å².